The van der Waals surface area contributed by atoms with Gasteiger partial charge in [0.1, 0.15) is 0 Å². The third kappa shape index (κ3) is 7.19. The van der Waals surface area contributed by atoms with Gasteiger partial charge in [-0.3, -0.25) is 0 Å². The van der Waals surface area contributed by atoms with E-state index in [1.54, 1.807) is 0 Å². The van der Waals surface area contributed by atoms with Gasteiger partial charge in [-0.2, -0.15) is 0 Å². The van der Waals surface area contributed by atoms with E-state index in [2.05, 4.69) is 223 Å². The first-order chi connectivity index (χ1) is 28.2. The van der Waals surface area contributed by atoms with E-state index >= 15 is 0 Å². The van der Waals surface area contributed by atoms with E-state index in [-0.39, 0.29) is 6.04 Å². The molecule has 9 rings (SSSR count). The Kier molecular flexibility index (Phi) is 10.1. The van der Waals surface area contributed by atoms with Gasteiger partial charge < -0.3 is 9.47 Å². The Labute approximate surface area is 336 Å². The second-order valence-electron chi connectivity index (χ2n) is 14.9. The highest BCUT2D eigenvalue weighted by Gasteiger charge is 2.21. The average Bonchev–Trinajstić information content (AvgIpc) is 3.62. The van der Waals surface area contributed by atoms with Crippen molar-refractivity contribution < 1.29 is 0 Å². The number of nitrogens with zero attached hydrogens (tertiary/aromatic N) is 2. The fourth-order valence-electron chi connectivity index (χ4n) is 8.51. The van der Waals surface area contributed by atoms with Gasteiger partial charge in [0.2, 0.25) is 0 Å². The molecule has 0 saturated carbocycles. The first kappa shape index (κ1) is 35.8. The minimum Gasteiger partial charge on any atom is -0.340 e. The second kappa shape index (κ2) is 16.1. The Morgan fingerprint density at radius 1 is 0.667 bits per heavy atom. The number of allylic oxidation sites excluding steroid dienone is 9. The van der Waals surface area contributed by atoms with Crippen LogP contribution in [0.25, 0.3) is 55.8 Å². The molecule has 0 saturated heterocycles. The fourth-order valence-corrected chi connectivity index (χ4v) is 8.51. The van der Waals surface area contributed by atoms with Crippen LogP contribution < -0.4 is 4.90 Å². The van der Waals surface area contributed by atoms with Crippen LogP contribution in [0.2, 0.25) is 0 Å². The molecule has 2 aliphatic carbocycles. The molecular weight excluding hydrogens is 689 g/mol. The number of benzene rings is 6. The summed E-state index contributed by atoms with van der Waals surface area (Å²) in [6, 6.07) is 53.2. The summed E-state index contributed by atoms with van der Waals surface area (Å²) in [5.41, 5.74) is 14.7. The molecule has 0 radical (unpaired) electrons. The van der Waals surface area contributed by atoms with Crippen molar-refractivity contribution in [2.75, 3.05) is 4.90 Å². The van der Waals surface area contributed by atoms with Gasteiger partial charge in [-0.25, -0.2) is 0 Å². The SMILES string of the molecule is C=Cc1cc(-c2ccc3c(c2)c2ccccc2n3-c2cccc(C3=CC=CC(c4ccccc4)C3)c2)ccc1N(/C=C\C=C/C)C1C=CC(c2ccccc2)=CC1. The molecule has 1 heterocycles. The zero-order valence-corrected chi connectivity index (χ0v) is 32.4. The van der Waals surface area contributed by atoms with E-state index in [1.807, 2.05) is 13.0 Å². The van der Waals surface area contributed by atoms with Gasteiger partial charge in [-0.15, -0.1) is 0 Å². The van der Waals surface area contributed by atoms with Gasteiger partial charge in [0, 0.05) is 34.3 Å². The molecule has 0 aliphatic heterocycles. The number of anilines is 1. The van der Waals surface area contributed by atoms with E-state index in [9.17, 15) is 0 Å². The molecule has 2 unspecified atom stereocenters. The molecule has 1 aromatic heterocycles. The Balaban J connectivity index is 1.05. The standard InChI is InChI=1S/C55H46N2/c1-3-5-14-35-56(49-31-27-43(28-32-49)41-17-8-6-9-18-41)53-33-29-47(36-40(53)4-2)48-30-34-55-52(39-48)51-25-12-13-26-54(51)57(55)50-24-16-23-46(38-50)45-22-15-21-44(37-45)42-19-10-7-11-20-42/h3-31,33-36,38-39,44,49H,2,32,37H2,1H3/b5-3-,35-14-. The largest absolute Gasteiger partial charge is 0.340 e. The first-order valence-corrected chi connectivity index (χ1v) is 20.0. The van der Waals surface area contributed by atoms with Crippen LogP contribution in [-0.4, -0.2) is 10.6 Å². The number of hydrogen-bond acceptors (Lipinski definition) is 1. The van der Waals surface area contributed by atoms with Gasteiger partial charge in [0.15, 0.2) is 0 Å². The van der Waals surface area contributed by atoms with E-state index in [4.69, 9.17) is 0 Å². The van der Waals surface area contributed by atoms with Crippen molar-refractivity contribution in [3.63, 3.8) is 0 Å². The van der Waals surface area contributed by atoms with Crippen LogP contribution in [0.5, 0.6) is 0 Å². The summed E-state index contributed by atoms with van der Waals surface area (Å²) >= 11 is 0. The molecule has 0 bridgehead atoms. The summed E-state index contributed by atoms with van der Waals surface area (Å²) in [5.74, 6) is 0.379. The van der Waals surface area contributed by atoms with Crippen LogP contribution in [0.3, 0.4) is 0 Å². The van der Waals surface area contributed by atoms with E-state index < -0.39 is 0 Å². The highest BCUT2D eigenvalue weighted by Crippen LogP contribution is 2.39. The first-order valence-electron chi connectivity index (χ1n) is 20.0. The summed E-state index contributed by atoms with van der Waals surface area (Å²) in [6.07, 6.45) is 26.1. The van der Waals surface area contributed by atoms with Gasteiger partial charge >= 0.3 is 0 Å². The third-order valence-corrected chi connectivity index (χ3v) is 11.4. The quantitative estimate of drug-likeness (QED) is 0.127. The molecule has 2 heteroatoms. The van der Waals surface area contributed by atoms with Crippen LogP contribution in [0.15, 0.2) is 213 Å². The van der Waals surface area contributed by atoms with Crippen LogP contribution in [0.4, 0.5) is 5.69 Å². The lowest BCUT2D eigenvalue weighted by molar-refractivity contribution is 0.781. The molecule has 0 amide bonds. The molecule has 2 nitrogen and oxygen atoms in total. The monoisotopic (exact) mass is 734 g/mol. The number of fused-ring (bicyclic) bond motifs is 3. The summed E-state index contributed by atoms with van der Waals surface area (Å²) in [4.78, 5) is 2.38. The zero-order valence-electron chi connectivity index (χ0n) is 32.4. The topological polar surface area (TPSA) is 8.17 Å². The maximum Gasteiger partial charge on any atom is 0.0554 e. The van der Waals surface area contributed by atoms with Crippen molar-refractivity contribution in [3.8, 4) is 16.8 Å². The molecular formula is C55H46N2. The molecule has 7 aromatic rings. The number of hydrogen-bond donors (Lipinski definition) is 0. The summed E-state index contributed by atoms with van der Waals surface area (Å²) < 4.78 is 2.43. The van der Waals surface area contributed by atoms with Crippen molar-refractivity contribution in [3.05, 3.63) is 235 Å². The smallest absolute Gasteiger partial charge is 0.0554 e. The van der Waals surface area contributed by atoms with Crippen LogP contribution >= 0.6 is 0 Å². The van der Waals surface area contributed by atoms with Gasteiger partial charge in [0.05, 0.1) is 17.1 Å². The maximum absolute atomic E-state index is 4.28. The zero-order chi connectivity index (χ0) is 38.6. The predicted octanol–water partition coefficient (Wildman–Crippen LogP) is 14.5. The average molecular weight is 735 g/mol. The number of aromatic nitrogens is 1. The van der Waals surface area contributed by atoms with Crippen LogP contribution in [0.1, 0.15) is 47.9 Å². The Hall–Kier alpha value is -6.90. The van der Waals surface area contributed by atoms with Crippen molar-refractivity contribution in [2.24, 2.45) is 0 Å². The molecule has 6 aromatic carbocycles. The number of rotatable bonds is 10. The molecule has 0 spiro atoms. The molecule has 0 N–H and O–H groups in total. The third-order valence-electron chi connectivity index (χ3n) is 11.4. The summed E-state index contributed by atoms with van der Waals surface area (Å²) in [7, 11) is 0. The minimum absolute atomic E-state index is 0.181. The Bertz CT molecular complexity index is 2770. The molecule has 276 valence electrons. The Morgan fingerprint density at radius 2 is 1.42 bits per heavy atom. The second-order valence-corrected chi connectivity index (χ2v) is 14.9. The van der Waals surface area contributed by atoms with E-state index in [1.165, 1.54) is 66.5 Å². The van der Waals surface area contributed by atoms with Crippen LogP contribution in [0, 0.1) is 0 Å². The highest BCUT2D eigenvalue weighted by molar-refractivity contribution is 6.10. The van der Waals surface area contributed by atoms with Crippen molar-refractivity contribution in [1.29, 1.82) is 0 Å². The number of para-hydroxylation sites is 1. The Morgan fingerprint density at radius 3 is 2.23 bits per heavy atom. The van der Waals surface area contributed by atoms with Gasteiger partial charge in [-0.1, -0.05) is 164 Å². The highest BCUT2D eigenvalue weighted by atomic mass is 15.1. The van der Waals surface area contributed by atoms with E-state index in [0.717, 1.165) is 24.1 Å². The maximum atomic E-state index is 4.28. The molecule has 2 aliphatic rings. The lowest BCUT2D eigenvalue weighted by Gasteiger charge is -2.31. The van der Waals surface area contributed by atoms with Crippen molar-refractivity contribution in [2.45, 2.75) is 31.7 Å². The van der Waals surface area contributed by atoms with Crippen LogP contribution in [-0.2, 0) is 0 Å². The fraction of sp³-hybridized carbons (Fsp3) is 0.0909. The van der Waals surface area contributed by atoms with Crippen molar-refractivity contribution >= 4 is 44.7 Å². The summed E-state index contributed by atoms with van der Waals surface area (Å²) in [6.45, 7) is 6.33. The normalized spacial score (nSPS) is 16.7. The molecule has 0 fully saturated rings. The molecule has 57 heavy (non-hydrogen) atoms. The minimum atomic E-state index is 0.181. The predicted molar refractivity (Wildman–Crippen MR) is 246 cm³/mol. The molecule has 2 atom stereocenters. The summed E-state index contributed by atoms with van der Waals surface area (Å²) in [5, 5.41) is 2.49. The lowest BCUT2D eigenvalue weighted by Crippen LogP contribution is -2.30. The van der Waals surface area contributed by atoms with Gasteiger partial charge in [0.25, 0.3) is 0 Å². The lowest BCUT2D eigenvalue weighted by atomic mass is 9.85. The van der Waals surface area contributed by atoms with Crippen molar-refractivity contribution in [1.82, 2.24) is 4.57 Å². The van der Waals surface area contributed by atoms with E-state index in [0.29, 0.717) is 5.92 Å². The van der Waals surface area contributed by atoms with Gasteiger partial charge in [-0.05, 0) is 113 Å².